The molecule has 2 rings (SSSR count). The largest absolute Gasteiger partial charge is 0.336 e. The molecule has 0 spiro atoms. The Morgan fingerprint density at radius 2 is 2.20 bits per heavy atom. The third-order valence-electron chi connectivity index (χ3n) is 3.55. The summed E-state index contributed by atoms with van der Waals surface area (Å²) in [6, 6.07) is 4.30. The van der Waals surface area contributed by atoms with E-state index < -0.39 is 5.82 Å². The standard InChI is InChI=1S/C14H18ClFN2O.ClH/c15-12-9-10(4-5-13(12)16)14(19)18-8-2-1-3-11(18)6-7-17;/h4-5,9,11H,1-3,6-8,17H2;1H. The second-order valence-electron chi connectivity index (χ2n) is 4.85. The Labute approximate surface area is 129 Å². The minimum Gasteiger partial charge on any atom is -0.336 e. The van der Waals surface area contributed by atoms with Crippen molar-refractivity contribution in [3.63, 3.8) is 0 Å². The van der Waals surface area contributed by atoms with Crippen molar-refractivity contribution in [2.24, 2.45) is 5.73 Å². The fourth-order valence-electron chi connectivity index (χ4n) is 2.56. The zero-order valence-corrected chi connectivity index (χ0v) is 12.7. The molecule has 0 bridgehead atoms. The van der Waals surface area contributed by atoms with E-state index >= 15 is 0 Å². The van der Waals surface area contributed by atoms with Gasteiger partial charge in [0.15, 0.2) is 0 Å². The number of likely N-dealkylation sites (tertiary alicyclic amines) is 1. The first-order valence-electron chi connectivity index (χ1n) is 6.59. The highest BCUT2D eigenvalue weighted by molar-refractivity contribution is 6.31. The van der Waals surface area contributed by atoms with Crippen molar-refractivity contribution in [2.45, 2.75) is 31.7 Å². The zero-order valence-electron chi connectivity index (χ0n) is 11.1. The number of amides is 1. The summed E-state index contributed by atoms with van der Waals surface area (Å²) >= 11 is 5.73. The van der Waals surface area contributed by atoms with E-state index in [1.807, 2.05) is 4.90 Å². The molecule has 6 heteroatoms. The second kappa shape index (κ2) is 7.81. The van der Waals surface area contributed by atoms with Crippen LogP contribution < -0.4 is 5.73 Å². The lowest BCUT2D eigenvalue weighted by molar-refractivity contribution is 0.0605. The molecule has 0 aromatic heterocycles. The third-order valence-corrected chi connectivity index (χ3v) is 3.84. The minimum atomic E-state index is -0.504. The van der Waals surface area contributed by atoms with Crippen molar-refractivity contribution in [2.75, 3.05) is 13.1 Å². The van der Waals surface area contributed by atoms with Gasteiger partial charge in [0.05, 0.1) is 5.02 Å². The van der Waals surface area contributed by atoms with E-state index in [4.69, 9.17) is 17.3 Å². The number of piperidine rings is 1. The van der Waals surface area contributed by atoms with Crippen LogP contribution in [0.15, 0.2) is 18.2 Å². The molecule has 1 aromatic rings. The molecular formula is C14H19Cl2FN2O. The van der Waals surface area contributed by atoms with Crippen LogP contribution in [0.1, 0.15) is 36.0 Å². The fourth-order valence-corrected chi connectivity index (χ4v) is 2.74. The molecule has 1 fully saturated rings. The predicted molar refractivity (Wildman–Crippen MR) is 81.0 cm³/mol. The first-order chi connectivity index (χ1) is 9.13. The number of hydrogen-bond acceptors (Lipinski definition) is 2. The summed E-state index contributed by atoms with van der Waals surface area (Å²) in [5.74, 6) is -0.588. The average molecular weight is 321 g/mol. The van der Waals surface area contributed by atoms with Gasteiger partial charge in [-0.1, -0.05) is 11.6 Å². The van der Waals surface area contributed by atoms with E-state index in [1.54, 1.807) is 0 Å². The Balaban J connectivity index is 0.00000200. The summed E-state index contributed by atoms with van der Waals surface area (Å²) in [6.07, 6.45) is 3.92. The van der Waals surface area contributed by atoms with Gasteiger partial charge in [-0.05, 0) is 50.4 Å². The van der Waals surface area contributed by atoms with Gasteiger partial charge < -0.3 is 10.6 Å². The quantitative estimate of drug-likeness (QED) is 0.929. The van der Waals surface area contributed by atoms with Crippen molar-refractivity contribution in [1.82, 2.24) is 4.90 Å². The topological polar surface area (TPSA) is 46.3 Å². The number of carbonyl (C=O) groups is 1. The van der Waals surface area contributed by atoms with Gasteiger partial charge in [-0.15, -0.1) is 12.4 Å². The number of halogens is 3. The number of nitrogens with two attached hydrogens (primary N) is 1. The fraction of sp³-hybridized carbons (Fsp3) is 0.500. The number of nitrogens with zero attached hydrogens (tertiary/aromatic N) is 1. The molecule has 112 valence electrons. The van der Waals surface area contributed by atoms with Crippen LogP contribution in [0, 0.1) is 5.82 Å². The smallest absolute Gasteiger partial charge is 0.254 e. The summed E-state index contributed by atoms with van der Waals surface area (Å²) in [6.45, 7) is 1.30. The Morgan fingerprint density at radius 1 is 1.45 bits per heavy atom. The maximum absolute atomic E-state index is 13.1. The molecule has 20 heavy (non-hydrogen) atoms. The van der Waals surface area contributed by atoms with Crippen LogP contribution >= 0.6 is 24.0 Å². The zero-order chi connectivity index (χ0) is 13.8. The van der Waals surface area contributed by atoms with Gasteiger partial charge in [0.1, 0.15) is 5.82 Å². The normalized spacial score (nSPS) is 18.6. The van der Waals surface area contributed by atoms with Gasteiger partial charge >= 0.3 is 0 Å². The van der Waals surface area contributed by atoms with E-state index in [-0.39, 0.29) is 29.4 Å². The molecule has 1 aliphatic rings. The molecule has 1 amide bonds. The summed E-state index contributed by atoms with van der Waals surface area (Å²) in [4.78, 5) is 14.3. The Kier molecular flexibility index (Phi) is 6.72. The van der Waals surface area contributed by atoms with Crippen molar-refractivity contribution in [3.05, 3.63) is 34.6 Å². The molecular weight excluding hydrogens is 302 g/mol. The number of hydrogen-bond donors (Lipinski definition) is 1. The highest BCUT2D eigenvalue weighted by Gasteiger charge is 2.27. The SMILES string of the molecule is Cl.NCCC1CCCCN1C(=O)c1ccc(F)c(Cl)c1. The number of benzene rings is 1. The monoisotopic (exact) mass is 320 g/mol. The highest BCUT2D eigenvalue weighted by atomic mass is 35.5. The summed E-state index contributed by atoms with van der Waals surface area (Å²) in [7, 11) is 0. The lowest BCUT2D eigenvalue weighted by atomic mass is 9.98. The molecule has 0 saturated carbocycles. The molecule has 1 atom stereocenters. The van der Waals surface area contributed by atoms with E-state index in [0.717, 1.165) is 32.2 Å². The Hall–Kier alpha value is -0.840. The van der Waals surface area contributed by atoms with Crippen molar-refractivity contribution in [3.8, 4) is 0 Å². The lowest BCUT2D eigenvalue weighted by Crippen LogP contribution is -2.44. The Bertz CT molecular complexity index is 468. The molecule has 0 aliphatic carbocycles. The van der Waals surface area contributed by atoms with E-state index in [1.165, 1.54) is 18.2 Å². The van der Waals surface area contributed by atoms with E-state index in [0.29, 0.717) is 12.1 Å². The molecule has 1 aromatic carbocycles. The maximum atomic E-state index is 13.1. The van der Waals surface area contributed by atoms with Gasteiger partial charge in [-0.2, -0.15) is 0 Å². The van der Waals surface area contributed by atoms with Crippen LogP contribution in [0.25, 0.3) is 0 Å². The lowest BCUT2D eigenvalue weighted by Gasteiger charge is -2.35. The van der Waals surface area contributed by atoms with Crippen LogP contribution in [-0.2, 0) is 0 Å². The summed E-state index contributed by atoms with van der Waals surface area (Å²) in [5, 5.41) is -0.0155. The van der Waals surface area contributed by atoms with Crippen LogP contribution in [0.2, 0.25) is 5.02 Å². The average Bonchev–Trinajstić information content (AvgIpc) is 2.42. The summed E-state index contributed by atoms with van der Waals surface area (Å²) in [5.41, 5.74) is 6.04. The number of carbonyl (C=O) groups excluding carboxylic acids is 1. The first kappa shape index (κ1) is 17.2. The van der Waals surface area contributed by atoms with Crippen LogP contribution in [0.3, 0.4) is 0 Å². The van der Waals surface area contributed by atoms with Crippen LogP contribution in [0.4, 0.5) is 4.39 Å². The van der Waals surface area contributed by atoms with E-state index in [9.17, 15) is 9.18 Å². The van der Waals surface area contributed by atoms with Gasteiger partial charge in [0.25, 0.3) is 5.91 Å². The predicted octanol–water partition coefficient (Wildman–Crippen LogP) is 3.24. The third kappa shape index (κ3) is 3.84. The maximum Gasteiger partial charge on any atom is 0.254 e. The number of rotatable bonds is 3. The molecule has 0 radical (unpaired) electrons. The second-order valence-corrected chi connectivity index (χ2v) is 5.26. The Morgan fingerprint density at radius 3 is 2.85 bits per heavy atom. The van der Waals surface area contributed by atoms with Gasteiger partial charge in [-0.3, -0.25) is 4.79 Å². The molecule has 1 saturated heterocycles. The molecule has 2 N–H and O–H groups in total. The first-order valence-corrected chi connectivity index (χ1v) is 6.97. The van der Waals surface area contributed by atoms with Crippen LogP contribution in [0.5, 0.6) is 0 Å². The van der Waals surface area contributed by atoms with E-state index in [2.05, 4.69) is 0 Å². The van der Waals surface area contributed by atoms with Crippen molar-refractivity contribution >= 4 is 29.9 Å². The van der Waals surface area contributed by atoms with Crippen LogP contribution in [-0.4, -0.2) is 29.9 Å². The molecule has 1 aliphatic heterocycles. The minimum absolute atomic E-state index is 0. The van der Waals surface area contributed by atoms with Gasteiger partial charge in [0, 0.05) is 18.2 Å². The molecule has 1 unspecified atom stereocenters. The molecule has 3 nitrogen and oxygen atoms in total. The van der Waals surface area contributed by atoms with Gasteiger partial charge in [-0.25, -0.2) is 4.39 Å². The van der Waals surface area contributed by atoms with Crippen molar-refractivity contribution < 1.29 is 9.18 Å². The summed E-state index contributed by atoms with van der Waals surface area (Å²) < 4.78 is 13.1. The highest BCUT2D eigenvalue weighted by Crippen LogP contribution is 2.23. The molecule has 1 heterocycles. The van der Waals surface area contributed by atoms with Gasteiger partial charge in [0.2, 0.25) is 0 Å². The van der Waals surface area contributed by atoms with Crippen molar-refractivity contribution in [1.29, 1.82) is 0 Å².